The van der Waals surface area contributed by atoms with Gasteiger partial charge in [-0.05, 0) is 25.5 Å². The van der Waals surface area contributed by atoms with Gasteiger partial charge in [0.15, 0.2) is 11.6 Å². The summed E-state index contributed by atoms with van der Waals surface area (Å²) in [7, 11) is 0. The minimum absolute atomic E-state index is 0.187. The zero-order valence-corrected chi connectivity index (χ0v) is 12.0. The minimum atomic E-state index is -0.637. The van der Waals surface area contributed by atoms with Gasteiger partial charge in [-0.15, -0.1) is 0 Å². The summed E-state index contributed by atoms with van der Waals surface area (Å²) in [6.07, 6.45) is 2.87. The maximum atomic E-state index is 13.7. The van der Waals surface area contributed by atoms with Crippen molar-refractivity contribution in [3.63, 3.8) is 0 Å². The van der Waals surface area contributed by atoms with E-state index >= 15 is 0 Å². The molecule has 0 aliphatic heterocycles. The van der Waals surface area contributed by atoms with E-state index in [0.717, 1.165) is 30.2 Å². The van der Waals surface area contributed by atoms with E-state index in [1.165, 1.54) is 6.33 Å². The number of halogens is 2. The van der Waals surface area contributed by atoms with Crippen LogP contribution in [0.1, 0.15) is 25.8 Å². The van der Waals surface area contributed by atoms with Crippen LogP contribution in [0.3, 0.4) is 0 Å². The molecular weight excluding hydrogens is 276 g/mol. The first kappa shape index (κ1) is 15.2. The van der Waals surface area contributed by atoms with Gasteiger partial charge < -0.3 is 10.1 Å². The molecule has 0 amide bonds. The van der Waals surface area contributed by atoms with Crippen LogP contribution < -0.4 is 10.1 Å². The van der Waals surface area contributed by atoms with Crippen molar-refractivity contribution in [1.29, 1.82) is 0 Å². The lowest BCUT2D eigenvalue weighted by atomic mass is 10.1. The Morgan fingerprint density at radius 3 is 2.71 bits per heavy atom. The molecule has 1 heterocycles. The molecular formula is C15H17F2N3O. The van der Waals surface area contributed by atoms with Crippen molar-refractivity contribution in [2.45, 2.75) is 26.7 Å². The first-order chi connectivity index (χ1) is 10.2. The van der Waals surface area contributed by atoms with Crippen LogP contribution in [-0.2, 0) is 6.42 Å². The Kier molecular flexibility index (Phi) is 5.03. The van der Waals surface area contributed by atoms with E-state index in [1.807, 2.05) is 13.8 Å². The summed E-state index contributed by atoms with van der Waals surface area (Å²) in [6, 6.07) is 3.07. The predicted molar refractivity (Wildman–Crippen MR) is 76.6 cm³/mol. The second-order valence-corrected chi connectivity index (χ2v) is 4.46. The van der Waals surface area contributed by atoms with Gasteiger partial charge in [-0.1, -0.05) is 13.3 Å². The SMILES string of the molecule is CCCc1c(NCC)ncnc1Oc1cc(F)ccc1F. The van der Waals surface area contributed by atoms with Crippen molar-refractivity contribution >= 4 is 5.82 Å². The summed E-state index contributed by atoms with van der Waals surface area (Å²) in [5, 5.41) is 3.11. The van der Waals surface area contributed by atoms with E-state index in [4.69, 9.17) is 4.74 Å². The Bertz CT molecular complexity index is 620. The normalized spacial score (nSPS) is 10.5. The molecule has 1 N–H and O–H groups in total. The van der Waals surface area contributed by atoms with Crippen molar-refractivity contribution in [3.8, 4) is 11.6 Å². The quantitative estimate of drug-likeness (QED) is 0.876. The van der Waals surface area contributed by atoms with Crippen LogP contribution in [0.15, 0.2) is 24.5 Å². The highest BCUT2D eigenvalue weighted by atomic mass is 19.1. The summed E-state index contributed by atoms with van der Waals surface area (Å²) < 4.78 is 32.3. The van der Waals surface area contributed by atoms with Crippen LogP contribution in [0.25, 0.3) is 0 Å². The van der Waals surface area contributed by atoms with E-state index in [2.05, 4.69) is 15.3 Å². The Labute approximate surface area is 122 Å². The number of hydrogen-bond acceptors (Lipinski definition) is 4. The third-order valence-electron chi connectivity index (χ3n) is 2.85. The number of hydrogen-bond donors (Lipinski definition) is 1. The molecule has 0 spiro atoms. The molecule has 1 aromatic carbocycles. The molecule has 2 rings (SSSR count). The van der Waals surface area contributed by atoms with Crippen molar-refractivity contribution in [2.75, 3.05) is 11.9 Å². The van der Waals surface area contributed by atoms with Gasteiger partial charge in [-0.2, -0.15) is 0 Å². The molecule has 0 atom stereocenters. The number of rotatable bonds is 6. The van der Waals surface area contributed by atoms with E-state index in [-0.39, 0.29) is 11.6 Å². The molecule has 0 unspecified atom stereocenters. The highest BCUT2D eigenvalue weighted by molar-refractivity contribution is 5.49. The van der Waals surface area contributed by atoms with E-state index < -0.39 is 11.6 Å². The van der Waals surface area contributed by atoms with Gasteiger partial charge in [0, 0.05) is 12.6 Å². The van der Waals surface area contributed by atoms with E-state index in [0.29, 0.717) is 18.8 Å². The van der Waals surface area contributed by atoms with Crippen molar-refractivity contribution in [2.24, 2.45) is 0 Å². The maximum Gasteiger partial charge on any atom is 0.227 e. The fraction of sp³-hybridized carbons (Fsp3) is 0.333. The fourth-order valence-corrected chi connectivity index (χ4v) is 1.94. The van der Waals surface area contributed by atoms with Gasteiger partial charge in [0.1, 0.15) is 18.0 Å². The highest BCUT2D eigenvalue weighted by Gasteiger charge is 2.14. The standard InChI is InChI=1S/C15H17F2N3O/c1-3-5-11-14(18-4-2)19-9-20-15(11)21-13-8-10(16)6-7-12(13)17/h6-9H,3-5H2,1-2H3,(H,18,19,20). The predicted octanol–water partition coefficient (Wildman–Crippen LogP) is 3.93. The van der Waals surface area contributed by atoms with Gasteiger partial charge in [0.25, 0.3) is 0 Å². The molecule has 4 nitrogen and oxygen atoms in total. The van der Waals surface area contributed by atoms with Gasteiger partial charge in [-0.25, -0.2) is 18.7 Å². The third kappa shape index (κ3) is 3.65. The number of nitrogens with one attached hydrogen (secondary N) is 1. The maximum absolute atomic E-state index is 13.7. The van der Waals surface area contributed by atoms with Crippen LogP contribution in [0.4, 0.5) is 14.6 Å². The molecule has 0 saturated carbocycles. The molecule has 0 aliphatic carbocycles. The van der Waals surface area contributed by atoms with Gasteiger partial charge in [-0.3, -0.25) is 0 Å². The summed E-state index contributed by atoms with van der Waals surface area (Å²) in [5.74, 6) is -0.492. The molecule has 1 aromatic heterocycles. The molecule has 0 bridgehead atoms. The zero-order chi connectivity index (χ0) is 15.2. The summed E-state index contributed by atoms with van der Waals surface area (Å²) in [6.45, 7) is 4.65. The molecule has 0 fully saturated rings. The fourth-order valence-electron chi connectivity index (χ4n) is 1.94. The molecule has 0 aliphatic rings. The van der Waals surface area contributed by atoms with Crippen LogP contribution in [0, 0.1) is 11.6 Å². The van der Waals surface area contributed by atoms with Crippen LogP contribution in [0.2, 0.25) is 0 Å². The highest BCUT2D eigenvalue weighted by Crippen LogP contribution is 2.30. The van der Waals surface area contributed by atoms with Crippen LogP contribution >= 0.6 is 0 Å². The smallest absolute Gasteiger partial charge is 0.227 e. The summed E-state index contributed by atoms with van der Waals surface area (Å²) >= 11 is 0. The Balaban J connectivity index is 2.38. The van der Waals surface area contributed by atoms with Gasteiger partial charge >= 0.3 is 0 Å². The summed E-state index contributed by atoms with van der Waals surface area (Å²) in [4.78, 5) is 8.20. The van der Waals surface area contributed by atoms with Gasteiger partial charge in [0.2, 0.25) is 5.88 Å². The molecule has 0 radical (unpaired) electrons. The minimum Gasteiger partial charge on any atom is -0.435 e. The van der Waals surface area contributed by atoms with Crippen molar-refractivity contribution in [3.05, 3.63) is 41.7 Å². The van der Waals surface area contributed by atoms with Crippen molar-refractivity contribution < 1.29 is 13.5 Å². The molecule has 2 aromatic rings. The Morgan fingerprint density at radius 1 is 1.19 bits per heavy atom. The number of benzene rings is 1. The van der Waals surface area contributed by atoms with E-state index in [9.17, 15) is 8.78 Å². The van der Waals surface area contributed by atoms with E-state index in [1.54, 1.807) is 0 Å². The molecule has 21 heavy (non-hydrogen) atoms. The molecule has 112 valence electrons. The second kappa shape index (κ2) is 6.97. The number of ether oxygens (including phenoxy) is 1. The third-order valence-corrected chi connectivity index (χ3v) is 2.85. The first-order valence-electron chi connectivity index (χ1n) is 6.86. The lowest BCUT2D eigenvalue weighted by Gasteiger charge is -2.13. The number of aromatic nitrogens is 2. The lowest BCUT2D eigenvalue weighted by molar-refractivity contribution is 0.416. The monoisotopic (exact) mass is 293 g/mol. The zero-order valence-electron chi connectivity index (χ0n) is 12.0. The van der Waals surface area contributed by atoms with Crippen LogP contribution in [-0.4, -0.2) is 16.5 Å². The lowest BCUT2D eigenvalue weighted by Crippen LogP contribution is -2.06. The Hall–Kier alpha value is -2.24. The molecule has 0 saturated heterocycles. The van der Waals surface area contributed by atoms with Gasteiger partial charge in [0.05, 0.1) is 5.56 Å². The summed E-state index contributed by atoms with van der Waals surface area (Å²) in [5.41, 5.74) is 0.755. The topological polar surface area (TPSA) is 47.0 Å². The van der Waals surface area contributed by atoms with Crippen LogP contribution in [0.5, 0.6) is 11.6 Å². The largest absolute Gasteiger partial charge is 0.435 e. The average Bonchev–Trinajstić information content (AvgIpc) is 2.46. The van der Waals surface area contributed by atoms with Crippen molar-refractivity contribution in [1.82, 2.24) is 9.97 Å². The molecule has 6 heteroatoms. The second-order valence-electron chi connectivity index (χ2n) is 4.46. The Morgan fingerprint density at radius 2 is 2.00 bits per heavy atom. The number of nitrogens with zero attached hydrogens (tertiary/aromatic N) is 2. The average molecular weight is 293 g/mol. The first-order valence-corrected chi connectivity index (χ1v) is 6.86. The number of anilines is 1.